The summed E-state index contributed by atoms with van der Waals surface area (Å²) in [5.41, 5.74) is 2.01. The highest BCUT2D eigenvalue weighted by Gasteiger charge is 2.20. The fourth-order valence-electron chi connectivity index (χ4n) is 2.92. The Kier molecular flexibility index (Phi) is 7.76. The topological polar surface area (TPSA) is 70.2 Å². The summed E-state index contributed by atoms with van der Waals surface area (Å²) in [4.78, 5) is 24.4. The van der Waals surface area contributed by atoms with Gasteiger partial charge in [0, 0.05) is 23.7 Å². The van der Waals surface area contributed by atoms with Crippen molar-refractivity contribution in [2.75, 3.05) is 18.4 Å². The van der Waals surface area contributed by atoms with E-state index in [1.165, 1.54) is 12.1 Å². The maximum atomic E-state index is 12.9. The maximum absolute atomic E-state index is 12.9. The van der Waals surface area contributed by atoms with Gasteiger partial charge in [-0.05, 0) is 67.9 Å². The van der Waals surface area contributed by atoms with E-state index in [4.69, 9.17) is 0 Å². The first-order valence-electron chi connectivity index (χ1n) is 8.76. The summed E-state index contributed by atoms with van der Waals surface area (Å²) in [6.45, 7) is 2.06. The number of hydrogen-bond donors (Lipinski definition) is 3. The van der Waals surface area contributed by atoms with Crippen LogP contribution >= 0.6 is 12.4 Å². The van der Waals surface area contributed by atoms with Crippen molar-refractivity contribution in [3.05, 3.63) is 65.5 Å². The molecule has 3 rings (SSSR count). The first-order valence-corrected chi connectivity index (χ1v) is 8.76. The number of rotatable bonds is 5. The molecule has 1 heterocycles. The molecule has 7 heteroatoms. The van der Waals surface area contributed by atoms with E-state index in [0.717, 1.165) is 31.5 Å². The normalized spacial score (nSPS) is 14.1. The van der Waals surface area contributed by atoms with Crippen molar-refractivity contribution in [1.82, 2.24) is 10.6 Å². The van der Waals surface area contributed by atoms with Crippen molar-refractivity contribution in [2.45, 2.75) is 19.4 Å². The minimum atomic E-state index is -0.304. The van der Waals surface area contributed by atoms with Gasteiger partial charge in [0.15, 0.2) is 0 Å². The third-order valence-electron chi connectivity index (χ3n) is 4.49. The highest BCUT2D eigenvalue weighted by Crippen LogP contribution is 2.16. The van der Waals surface area contributed by atoms with Gasteiger partial charge in [0.05, 0.1) is 0 Å². The Morgan fingerprint density at radius 3 is 2.26 bits per heavy atom. The number of carbonyl (C=O) groups is 2. The van der Waals surface area contributed by atoms with Crippen molar-refractivity contribution in [1.29, 1.82) is 0 Å². The second kappa shape index (κ2) is 10.0. The molecule has 0 atom stereocenters. The van der Waals surface area contributed by atoms with E-state index in [1.807, 2.05) is 0 Å². The van der Waals surface area contributed by atoms with Gasteiger partial charge in [0.2, 0.25) is 5.91 Å². The van der Waals surface area contributed by atoms with E-state index in [9.17, 15) is 14.0 Å². The number of carbonyl (C=O) groups excluding carboxylic acids is 2. The van der Waals surface area contributed by atoms with Crippen LogP contribution in [0.1, 0.15) is 28.8 Å². The summed E-state index contributed by atoms with van der Waals surface area (Å²) in [5, 5.41) is 8.93. The average Bonchev–Trinajstić information content (AvgIpc) is 2.68. The molecule has 2 amide bonds. The second-order valence-electron chi connectivity index (χ2n) is 6.40. The van der Waals surface area contributed by atoms with Gasteiger partial charge in [0.25, 0.3) is 5.91 Å². The summed E-state index contributed by atoms with van der Waals surface area (Å²) >= 11 is 0. The molecule has 144 valence electrons. The molecule has 0 radical (unpaired) electrons. The fraction of sp³-hybridized carbons (Fsp3) is 0.300. The predicted octanol–water partition coefficient (Wildman–Crippen LogP) is 3.12. The molecule has 27 heavy (non-hydrogen) atoms. The molecule has 0 bridgehead atoms. The van der Waals surface area contributed by atoms with Crippen LogP contribution in [0.25, 0.3) is 0 Å². The van der Waals surface area contributed by atoms with E-state index >= 15 is 0 Å². The molecule has 0 aromatic heterocycles. The molecular formula is C20H23ClFN3O2. The Bertz CT molecular complexity index is 760. The third kappa shape index (κ3) is 6.05. The molecule has 0 saturated carbocycles. The van der Waals surface area contributed by atoms with Gasteiger partial charge in [-0.15, -0.1) is 12.4 Å². The Hall–Kier alpha value is -2.44. The molecule has 5 nitrogen and oxygen atoms in total. The summed E-state index contributed by atoms with van der Waals surface area (Å²) in [5.74, 6) is -0.456. The van der Waals surface area contributed by atoms with Crippen LogP contribution < -0.4 is 16.0 Å². The van der Waals surface area contributed by atoms with E-state index in [0.29, 0.717) is 17.8 Å². The largest absolute Gasteiger partial charge is 0.348 e. The summed E-state index contributed by atoms with van der Waals surface area (Å²) in [6.07, 6.45) is 1.69. The van der Waals surface area contributed by atoms with E-state index in [1.54, 1.807) is 36.4 Å². The molecule has 0 unspecified atom stereocenters. The van der Waals surface area contributed by atoms with Crippen LogP contribution in [0, 0.1) is 11.7 Å². The minimum Gasteiger partial charge on any atom is -0.348 e. The quantitative estimate of drug-likeness (QED) is 0.733. The van der Waals surface area contributed by atoms with Crippen LogP contribution in [-0.2, 0) is 11.3 Å². The van der Waals surface area contributed by atoms with Crippen LogP contribution in [0.3, 0.4) is 0 Å². The number of piperidine rings is 1. The summed E-state index contributed by atoms with van der Waals surface area (Å²) in [6, 6.07) is 12.8. The predicted molar refractivity (Wildman–Crippen MR) is 105 cm³/mol. The SMILES string of the molecule is Cl.O=C(NCc1ccc(F)cc1)c1ccc(NC(=O)C2CCNCC2)cc1. The number of halogens is 2. The fourth-order valence-corrected chi connectivity index (χ4v) is 2.92. The molecule has 3 N–H and O–H groups in total. The first-order chi connectivity index (χ1) is 12.6. The van der Waals surface area contributed by atoms with Gasteiger partial charge < -0.3 is 16.0 Å². The lowest BCUT2D eigenvalue weighted by Gasteiger charge is -2.21. The molecule has 2 aromatic carbocycles. The zero-order valence-corrected chi connectivity index (χ0v) is 15.7. The molecule has 0 aliphatic carbocycles. The third-order valence-corrected chi connectivity index (χ3v) is 4.49. The Morgan fingerprint density at radius 2 is 1.63 bits per heavy atom. The van der Waals surface area contributed by atoms with Gasteiger partial charge in [0.1, 0.15) is 5.82 Å². The van der Waals surface area contributed by atoms with Gasteiger partial charge in [-0.2, -0.15) is 0 Å². The van der Waals surface area contributed by atoms with E-state index in [2.05, 4.69) is 16.0 Å². The van der Waals surface area contributed by atoms with Crippen molar-refractivity contribution < 1.29 is 14.0 Å². The lowest BCUT2D eigenvalue weighted by Crippen LogP contribution is -2.34. The molecule has 2 aromatic rings. The van der Waals surface area contributed by atoms with Crippen LogP contribution in [0.5, 0.6) is 0 Å². The Labute approximate surface area is 164 Å². The monoisotopic (exact) mass is 391 g/mol. The highest BCUT2D eigenvalue weighted by molar-refractivity contribution is 5.96. The molecular weight excluding hydrogens is 369 g/mol. The van der Waals surface area contributed by atoms with E-state index < -0.39 is 0 Å². The van der Waals surface area contributed by atoms with Crippen molar-refractivity contribution >= 4 is 29.9 Å². The van der Waals surface area contributed by atoms with Crippen LogP contribution in [-0.4, -0.2) is 24.9 Å². The van der Waals surface area contributed by atoms with E-state index in [-0.39, 0.29) is 36.0 Å². The summed E-state index contributed by atoms with van der Waals surface area (Å²) in [7, 11) is 0. The van der Waals surface area contributed by atoms with Gasteiger partial charge >= 0.3 is 0 Å². The standard InChI is InChI=1S/C20H22FN3O2.ClH/c21-17-5-1-14(2-6-17)13-23-19(25)15-3-7-18(8-4-15)24-20(26)16-9-11-22-12-10-16;/h1-8,16,22H,9-13H2,(H,23,25)(H,24,26);1H. The average molecular weight is 392 g/mol. The number of amides is 2. The zero-order chi connectivity index (χ0) is 18.4. The van der Waals surface area contributed by atoms with Crippen molar-refractivity contribution in [3.8, 4) is 0 Å². The van der Waals surface area contributed by atoms with Crippen LogP contribution in [0.2, 0.25) is 0 Å². The number of benzene rings is 2. The number of nitrogens with one attached hydrogen (secondary N) is 3. The molecule has 0 spiro atoms. The smallest absolute Gasteiger partial charge is 0.251 e. The second-order valence-corrected chi connectivity index (χ2v) is 6.40. The molecule has 1 saturated heterocycles. The number of hydrogen-bond acceptors (Lipinski definition) is 3. The maximum Gasteiger partial charge on any atom is 0.251 e. The Balaban J connectivity index is 0.00000261. The molecule has 1 fully saturated rings. The number of anilines is 1. The van der Waals surface area contributed by atoms with Crippen LogP contribution in [0.4, 0.5) is 10.1 Å². The van der Waals surface area contributed by atoms with Gasteiger partial charge in [-0.25, -0.2) is 4.39 Å². The van der Waals surface area contributed by atoms with Gasteiger partial charge in [-0.3, -0.25) is 9.59 Å². The summed E-state index contributed by atoms with van der Waals surface area (Å²) < 4.78 is 12.9. The zero-order valence-electron chi connectivity index (χ0n) is 14.8. The van der Waals surface area contributed by atoms with Crippen molar-refractivity contribution in [2.24, 2.45) is 5.92 Å². The lowest BCUT2D eigenvalue weighted by molar-refractivity contribution is -0.120. The van der Waals surface area contributed by atoms with Crippen molar-refractivity contribution in [3.63, 3.8) is 0 Å². The minimum absolute atomic E-state index is 0. The first kappa shape index (κ1) is 20.9. The Morgan fingerprint density at radius 1 is 1.00 bits per heavy atom. The molecule has 1 aliphatic rings. The van der Waals surface area contributed by atoms with Gasteiger partial charge in [-0.1, -0.05) is 12.1 Å². The highest BCUT2D eigenvalue weighted by atomic mass is 35.5. The van der Waals surface area contributed by atoms with Crippen LogP contribution in [0.15, 0.2) is 48.5 Å². The molecule has 1 aliphatic heterocycles. The lowest BCUT2D eigenvalue weighted by atomic mass is 9.97.